The first-order valence-electron chi connectivity index (χ1n) is 6.30. The zero-order valence-electron chi connectivity index (χ0n) is 9.93. The van der Waals surface area contributed by atoms with Crippen molar-refractivity contribution in [3.8, 4) is 0 Å². The second-order valence-electron chi connectivity index (χ2n) is 4.66. The smallest absolute Gasteiger partial charge is 0.0178 e. The second-order valence-corrected chi connectivity index (χ2v) is 5.58. The molecule has 0 spiro atoms. The summed E-state index contributed by atoms with van der Waals surface area (Å²) in [5.74, 6) is 0. The van der Waals surface area contributed by atoms with Gasteiger partial charge in [-0.25, -0.2) is 0 Å². The van der Waals surface area contributed by atoms with Gasteiger partial charge in [-0.05, 0) is 55.5 Å². The molecule has 0 saturated heterocycles. The van der Waals surface area contributed by atoms with E-state index in [9.17, 15) is 0 Å². The molecule has 0 radical (unpaired) electrons. The van der Waals surface area contributed by atoms with E-state index in [-0.39, 0.29) is 0 Å². The first kappa shape index (κ1) is 12.1. The van der Waals surface area contributed by atoms with Crippen molar-refractivity contribution in [2.24, 2.45) is 0 Å². The van der Waals surface area contributed by atoms with E-state index in [1.165, 1.54) is 54.2 Å². The number of halogens is 1. The van der Waals surface area contributed by atoms with E-state index in [1.54, 1.807) is 0 Å². The topological polar surface area (TPSA) is 12.0 Å². The van der Waals surface area contributed by atoms with E-state index >= 15 is 0 Å². The zero-order chi connectivity index (χ0) is 11.4. The number of rotatable bonds is 4. The van der Waals surface area contributed by atoms with E-state index in [0.29, 0.717) is 6.04 Å². The van der Waals surface area contributed by atoms with Gasteiger partial charge in [-0.1, -0.05) is 35.3 Å². The van der Waals surface area contributed by atoms with Crippen LogP contribution in [0.25, 0.3) is 0 Å². The number of unbranched alkanes of at least 4 members (excludes halogenated alkanes) is 1. The van der Waals surface area contributed by atoms with Crippen molar-refractivity contribution < 1.29 is 0 Å². The number of benzene rings is 1. The third kappa shape index (κ3) is 3.08. The van der Waals surface area contributed by atoms with Gasteiger partial charge in [-0.2, -0.15) is 0 Å². The predicted molar refractivity (Wildman–Crippen MR) is 72.9 cm³/mol. The van der Waals surface area contributed by atoms with Gasteiger partial charge in [-0.3, -0.25) is 0 Å². The van der Waals surface area contributed by atoms with Gasteiger partial charge in [0.1, 0.15) is 0 Å². The molecule has 0 heterocycles. The van der Waals surface area contributed by atoms with Crippen molar-refractivity contribution in [3.63, 3.8) is 0 Å². The molecule has 0 fully saturated rings. The summed E-state index contributed by atoms with van der Waals surface area (Å²) >= 11 is 3.54. The Balaban J connectivity index is 1.93. The van der Waals surface area contributed by atoms with Crippen molar-refractivity contribution in [1.29, 1.82) is 0 Å². The molecular formula is C14H20BrN. The number of aryl methyl sites for hydroxylation is 1. The van der Waals surface area contributed by atoms with Crippen LogP contribution in [0.15, 0.2) is 22.7 Å². The molecule has 88 valence electrons. The Bertz CT molecular complexity index is 349. The summed E-state index contributed by atoms with van der Waals surface area (Å²) in [6.45, 7) is 3.42. The van der Waals surface area contributed by atoms with Crippen LogP contribution in [-0.2, 0) is 12.8 Å². The minimum absolute atomic E-state index is 0.695. The van der Waals surface area contributed by atoms with Gasteiger partial charge in [0.25, 0.3) is 0 Å². The Labute approximate surface area is 107 Å². The average molecular weight is 282 g/mol. The second kappa shape index (κ2) is 5.83. The molecule has 1 nitrogen and oxygen atoms in total. The molecule has 1 aromatic carbocycles. The summed E-state index contributed by atoms with van der Waals surface area (Å²) in [5, 5.41) is 3.67. The average Bonchev–Trinajstić information content (AvgIpc) is 2.29. The molecule has 1 aliphatic rings. The molecule has 1 aromatic rings. The van der Waals surface area contributed by atoms with E-state index in [4.69, 9.17) is 0 Å². The number of hydrogen-bond acceptors (Lipinski definition) is 1. The summed E-state index contributed by atoms with van der Waals surface area (Å²) in [6, 6.07) is 7.40. The minimum atomic E-state index is 0.695. The molecule has 0 saturated carbocycles. The molecule has 0 amide bonds. The van der Waals surface area contributed by atoms with Crippen molar-refractivity contribution in [2.45, 2.75) is 45.1 Å². The summed E-state index contributed by atoms with van der Waals surface area (Å²) in [7, 11) is 0. The highest BCUT2D eigenvalue weighted by atomic mass is 79.9. The lowest BCUT2D eigenvalue weighted by molar-refractivity contribution is 0.453. The largest absolute Gasteiger partial charge is 0.314 e. The fraction of sp³-hybridized carbons (Fsp3) is 0.571. The van der Waals surface area contributed by atoms with Crippen molar-refractivity contribution in [1.82, 2.24) is 5.32 Å². The number of hydrogen-bond donors (Lipinski definition) is 1. The quantitative estimate of drug-likeness (QED) is 0.830. The van der Waals surface area contributed by atoms with Crippen LogP contribution in [0.5, 0.6) is 0 Å². The van der Waals surface area contributed by atoms with Crippen molar-refractivity contribution in [2.75, 3.05) is 6.54 Å². The van der Waals surface area contributed by atoms with E-state index in [0.717, 1.165) is 0 Å². The van der Waals surface area contributed by atoms with Gasteiger partial charge >= 0.3 is 0 Å². The Morgan fingerprint density at radius 1 is 1.38 bits per heavy atom. The molecule has 1 unspecified atom stereocenters. The lowest BCUT2D eigenvalue weighted by Crippen LogP contribution is -2.35. The summed E-state index contributed by atoms with van der Waals surface area (Å²) in [6.07, 6.45) is 6.28. The lowest BCUT2D eigenvalue weighted by Gasteiger charge is -2.25. The first-order chi connectivity index (χ1) is 7.79. The Morgan fingerprint density at radius 3 is 3.06 bits per heavy atom. The first-order valence-corrected chi connectivity index (χ1v) is 7.09. The van der Waals surface area contributed by atoms with E-state index < -0.39 is 0 Å². The van der Waals surface area contributed by atoms with Crippen LogP contribution in [0.1, 0.15) is 37.3 Å². The monoisotopic (exact) mass is 281 g/mol. The van der Waals surface area contributed by atoms with Gasteiger partial charge in [-0.15, -0.1) is 0 Å². The third-order valence-corrected chi connectivity index (χ3v) is 3.85. The Hall–Kier alpha value is -0.340. The molecule has 1 N–H and O–H groups in total. The van der Waals surface area contributed by atoms with E-state index in [1.807, 2.05) is 0 Å². The van der Waals surface area contributed by atoms with Gasteiger partial charge < -0.3 is 5.32 Å². The van der Waals surface area contributed by atoms with Gasteiger partial charge in [0, 0.05) is 10.5 Å². The van der Waals surface area contributed by atoms with Crippen LogP contribution in [0.2, 0.25) is 0 Å². The molecule has 16 heavy (non-hydrogen) atoms. The molecule has 0 aliphatic heterocycles. The highest BCUT2D eigenvalue weighted by molar-refractivity contribution is 9.10. The minimum Gasteiger partial charge on any atom is -0.314 e. The van der Waals surface area contributed by atoms with Gasteiger partial charge in [0.2, 0.25) is 0 Å². The molecule has 2 heteroatoms. The number of nitrogens with one attached hydrogen (secondary N) is 1. The molecule has 2 rings (SSSR count). The van der Waals surface area contributed by atoms with Gasteiger partial charge in [0.15, 0.2) is 0 Å². The van der Waals surface area contributed by atoms with Crippen LogP contribution >= 0.6 is 15.9 Å². The summed E-state index contributed by atoms with van der Waals surface area (Å²) in [4.78, 5) is 0. The summed E-state index contributed by atoms with van der Waals surface area (Å²) in [5.41, 5.74) is 3.06. The summed E-state index contributed by atoms with van der Waals surface area (Å²) < 4.78 is 1.21. The Morgan fingerprint density at radius 2 is 2.25 bits per heavy atom. The molecule has 1 aliphatic carbocycles. The fourth-order valence-electron chi connectivity index (χ4n) is 2.38. The fourth-order valence-corrected chi connectivity index (χ4v) is 2.79. The van der Waals surface area contributed by atoms with Crippen molar-refractivity contribution >= 4 is 15.9 Å². The van der Waals surface area contributed by atoms with Crippen LogP contribution in [0.4, 0.5) is 0 Å². The highest BCUT2D eigenvalue weighted by Gasteiger charge is 2.17. The number of fused-ring (bicyclic) bond motifs is 1. The normalized spacial score (nSPS) is 19.5. The standard InChI is InChI=1S/C14H20BrN/c1-2-3-8-16-14-7-5-11-9-13(15)6-4-12(11)10-14/h4,6,9,14,16H,2-3,5,7-8,10H2,1H3. The van der Waals surface area contributed by atoms with Gasteiger partial charge in [0.05, 0.1) is 0 Å². The van der Waals surface area contributed by atoms with Crippen LogP contribution in [-0.4, -0.2) is 12.6 Å². The molecule has 1 atom stereocenters. The van der Waals surface area contributed by atoms with Crippen LogP contribution in [0, 0.1) is 0 Å². The molecular weight excluding hydrogens is 262 g/mol. The third-order valence-electron chi connectivity index (χ3n) is 3.36. The molecule has 0 aromatic heterocycles. The highest BCUT2D eigenvalue weighted by Crippen LogP contribution is 2.24. The maximum absolute atomic E-state index is 3.67. The maximum atomic E-state index is 3.67. The SMILES string of the molecule is CCCCNC1CCc2cc(Br)ccc2C1. The zero-order valence-corrected chi connectivity index (χ0v) is 11.5. The van der Waals surface area contributed by atoms with Crippen LogP contribution in [0.3, 0.4) is 0 Å². The van der Waals surface area contributed by atoms with Crippen LogP contribution < -0.4 is 5.32 Å². The maximum Gasteiger partial charge on any atom is 0.0178 e. The Kier molecular flexibility index (Phi) is 4.42. The van der Waals surface area contributed by atoms with E-state index in [2.05, 4.69) is 46.4 Å². The lowest BCUT2D eigenvalue weighted by atomic mass is 9.88. The predicted octanol–water partition coefficient (Wildman–Crippen LogP) is 3.70. The van der Waals surface area contributed by atoms with Crippen molar-refractivity contribution in [3.05, 3.63) is 33.8 Å². The molecule has 0 bridgehead atoms.